The Kier molecular flexibility index (Phi) is 4.60. The summed E-state index contributed by atoms with van der Waals surface area (Å²) in [5.74, 6) is 1.48. The van der Waals surface area contributed by atoms with Crippen molar-refractivity contribution >= 4 is 0 Å². The van der Waals surface area contributed by atoms with Crippen molar-refractivity contribution in [3.05, 3.63) is 30.3 Å². The van der Waals surface area contributed by atoms with E-state index in [-0.39, 0.29) is 0 Å². The number of nitrogens with zero attached hydrogens (tertiary/aromatic N) is 4. The lowest BCUT2D eigenvalue weighted by Gasteiger charge is -2.29. The summed E-state index contributed by atoms with van der Waals surface area (Å²) in [5, 5.41) is 16.3. The Balaban J connectivity index is 1.51. The Morgan fingerprint density at radius 3 is 2.81 bits per heavy atom. The molecule has 1 fully saturated rings. The van der Waals surface area contributed by atoms with Crippen molar-refractivity contribution in [1.29, 1.82) is 0 Å². The molecule has 5 heteroatoms. The molecule has 112 valence electrons. The molecule has 5 nitrogen and oxygen atoms in total. The Bertz CT molecular complexity index is 551. The van der Waals surface area contributed by atoms with Crippen molar-refractivity contribution in [2.75, 3.05) is 6.54 Å². The van der Waals surface area contributed by atoms with E-state index < -0.39 is 0 Å². The molecule has 1 aromatic heterocycles. The average molecular weight is 285 g/mol. The third-order valence-corrected chi connectivity index (χ3v) is 4.31. The van der Waals surface area contributed by atoms with Crippen LogP contribution in [0.5, 0.6) is 0 Å². The van der Waals surface area contributed by atoms with Gasteiger partial charge in [0, 0.05) is 18.2 Å². The smallest absolute Gasteiger partial charge is 0.204 e. The summed E-state index contributed by atoms with van der Waals surface area (Å²) < 4.78 is 0. The number of hydrogen-bond acceptors (Lipinski definition) is 4. The van der Waals surface area contributed by atoms with Gasteiger partial charge in [-0.25, -0.2) is 0 Å². The predicted molar refractivity (Wildman–Crippen MR) is 82.7 cm³/mol. The van der Waals surface area contributed by atoms with E-state index in [1.807, 2.05) is 30.3 Å². The lowest BCUT2D eigenvalue weighted by atomic mass is 9.86. The fraction of sp³-hybridized carbons (Fsp3) is 0.562. The predicted octanol–water partition coefficient (Wildman–Crippen LogP) is 2.51. The van der Waals surface area contributed by atoms with Crippen LogP contribution in [0.15, 0.2) is 30.3 Å². The van der Waals surface area contributed by atoms with E-state index in [1.54, 1.807) is 4.80 Å². The van der Waals surface area contributed by atoms with Crippen LogP contribution in [0.1, 0.15) is 32.6 Å². The largest absolute Gasteiger partial charge is 0.312 e. The van der Waals surface area contributed by atoms with Crippen LogP contribution in [0.3, 0.4) is 0 Å². The molecule has 0 amide bonds. The van der Waals surface area contributed by atoms with E-state index in [4.69, 9.17) is 0 Å². The summed E-state index contributed by atoms with van der Waals surface area (Å²) in [6, 6.07) is 10.6. The van der Waals surface area contributed by atoms with Gasteiger partial charge in [0.25, 0.3) is 0 Å². The van der Waals surface area contributed by atoms with Crippen molar-refractivity contribution in [3.63, 3.8) is 0 Å². The number of benzene rings is 1. The van der Waals surface area contributed by atoms with E-state index in [0.29, 0.717) is 11.9 Å². The SMILES string of the molecule is CC1CCCCC1NCCn1nnc(-c2ccccc2)n1. The second-order valence-electron chi connectivity index (χ2n) is 5.90. The number of hydrogen-bond donors (Lipinski definition) is 1. The van der Waals surface area contributed by atoms with Gasteiger partial charge < -0.3 is 5.32 Å². The second-order valence-corrected chi connectivity index (χ2v) is 5.90. The first-order valence-corrected chi connectivity index (χ1v) is 7.89. The van der Waals surface area contributed by atoms with E-state index in [1.165, 1.54) is 25.7 Å². The van der Waals surface area contributed by atoms with Gasteiger partial charge >= 0.3 is 0 Å². The van der Waals surface area contributed by atoms with Gasteiger partial charge in [-0.05, 0) is 24.0 Å². The minimum Gasteiger partial charge on any atom is -0.312 e. The van der Waals surface area contributed by atoms with Gasteiger partial charge in [-0.15, -0.1) is 10.2 Å². The minimum absolute atomic E-state index is 0.649. The number of aromatic nitrogens is 4. The summed E-state index contributed by atoms with van der Waals surface area (Å²) in [4.78, 5) is 1.68. The fourth-order valence-corrected chi connectivity index (χ4v) is 3.01. The quantitative estimate of drug-likeness (QED) is 0.917. The van der Waals surface area contributed by atoms with Crippen LogP contribution < -0.4 is 5.32 Å². The lowest BCUT2D eigenvalue weighted by Crippen LogP contribution is -2.39. The summed E-state index contributed by atoms with van der Waals surface area (Å²) in [6.07, 6.45) is 5.37. The normalized spacial score (nSPS) is 22.3. The maximum Gasteiger partial charge on any atom is 0.204 e. The van der Waals surface area contributed by atoms with Crippen LogP contribution in [0.2, 0.25) is 0 Å². The summed E-state index contributed by atoms with van der Waals surface area (Å²) in [7, 11) is 0. The van der Waals surface area contributed by atoms with Crippen LogP contribution in [-0.2, 0) is 6.54 Å². The van der Waals surface area contributed by atoms with Crippen molar-refractivity contribution in [1.82, 2.24) is 25.5 Å². The Morgan fingerprint density at radius 2 is 2.00 bits per heavy atom. The molecule has 3 rings (SSSR count). The standard InChI is InChI=1S/C16H23N5/c1-13-7-5-6-10-15(13)17-11-12-21-19-16(18-20-21)14-8-3-2-4-9-14/h2-4,8-9,13,15,17H,5-7,10-12H2,1H3. The van der Waals surface area contributed by atoms with Crippen molar-refractivity contribution in [3.8, 4) is 11.4 Å². The highest BCUT2D eigenvalue weighted by molar-refractivity contribution is 5.52. The molecule has 0 saturated heterocycles. The van der Waals surface area contributed by atoms with E-state index >= 15 is 0 Å². The zero-order chi connectivity index (χ0) is 14.5. The molecule has 1 N–H and O–H groups in total. The Morgan fingerprint density at radius 1 is 1.19 bits per heavy atom. The molecule has 2 aromatic rings. The number of nitrogens with one attached hydrogen (secondary N) is 1. The molecule has 1 aliphatic carbocycles. The van der Waals surface area contributed by atoms with Gasteiger partial charge in [0.05, 0.1) is 6.54 Å². The molecule has 1 heterocycles. The summed E-state index contributed by atoms with van der Waals surface area (Å²) >= 11 is 0. The molecule has 1 aliphatic rings. The van der Waals surface area contributed by atoms with Gasteiger partial charge in [-0.3, -0.25) is 0 Å². The molecule has 0 radical (unpaired) electrons. The van der Waals surface area contributed by atoms with Gasteiger partial charge in [0.2, 0.25) is 5.82 Å². The van der Waals surface area contributed by atoms with Gasteiger partial charge in [0.15, 0.2) is 0 Å². The average Bonchev–Trinajstić information content (AvgIpc) is 2.99. The highest BCUT2D eigenvalue weighted by atomic mass is 15.6. The molecule has 1 saturated carbocycles. The minimum atomic E-state index is 0.649. The topological polar surface area (TPSA) is 55.6 Å². The summed E-state index contributed by atoms with van der Waals surface area (Å²) in [6.45, 7) is 4.01. The molecule has 0 bridgehead atoms. The maximum absolute atomic E-state index is 4.44. The van der Waals surface area contributed by atoms with Gasteiger partial charge in [0.1, 0.15) is 0 Å². The van der Waals surface area contributed by atoms with E-state index in [0.717, 1.165) is 24.6 Å². The molecule has 21 heavy (non-hydrogen) atoms. The maximum atomic E-state index is 4.44. The Labute approximate surface area is 125 Å². The number of rotatable bonds is 5. The highest BCUT2D eigenvalue weighted by Gasteiger charge is 2.20. The molecule has 2 atom stereocenters. The third-order valence-electron chi connectivity index (χ3n) is 4.31. The van der Waals surface area contributed by atoms with Crippen LogP contribution in [0.4, 0.5) is 0 Å². The van der Waals surface area contributed by atoms with Crippen molar-refractivity contribution in [2.24, 2.45) is 5.92 Å². The molecule has 1 aromatic carbocycles. The first-order chi connectivity index (χ1) is 10.3. The molecular formula is C16H23N5. The molecule has 0 aliphatic heterocycles. The van der Waals surface area contributed by atoms with Crippen LogP contribution in [-0.4, -0.2) is 32.8 Å². The zero-order valence-corrected chi connectivity index (χ0v) is 12.6. The van der Waals surface area contributed by atoms with Crippen molar-refractivity contribution < 1.29 is 0 Å². The van der Waals surface area contributed by atoms with E-state index in [9.17, 15) is 0 Å². The second kappa shape index (κ2) is 6.80. The molecular weight excluding hydrogens is 262 g/mol. The zero-order valence-electron chi connectivity index (χ0n) is 12.6. The monoisotopic (exact) mass is 285 g/mol. The fourth-order valence-electron chi connectivity index (χ4n) is 3.01. The first-order valence-electron chi connectivity index (χ1n) is 7.89. The number of tetrazole rings is 1. The third kappa shape index (κ3) is 3.67. The highest BCUT2D eigenvalue weighted by Crippen LogP contribution is 2.23. The first kappa shape index (κ1) is 14.2. The van der Waals surface area contributed by atoms with Gasteiger partial charge in [-0.2, -0.15) is 4.80 Å². The van der Waals surface area contributed by atoms with Crippen molar-refractivity contribution in [2.45, 2.75) is 45.2 Å². The van der Waals surface area contributed by atoms with Crippen LogP contribution >= 0.6 is 0 Å². The molecule has 0 spiro atoms. The van der Waals surface area contributed by atoms with Gasteiger partial charge in [-0.1, -0.05) is 50.1 Å². The Hall–Kier alpha value is -1.75. The van der Waals surface area contributed by atoms with Crippen LogP contribution in [0, 0.1) is 5.92 Å². The van der Waals surface area contributed by atoms with E-state index in [2.05, 4.69) is 27.7 Å². The van der Waals surface area contributed by atoms with Crippen LogP contribution in [0.25, 0.3) is 11.4 Å². The lowest BCUT2D eigenvalue weighted by molar-refractivity contribution is 0.275. The summed E-state index contributed by atoms with van der Waals surface area (Å²) in [5.41, 5.74) is 1.01. The molecule has 2 unspecified atom stereocenters.